The molecule has 23 heavy (non-hydrogen) atoms. The van der Waals surface area contributed by atoms with Gasteiger partial charge in [0.25, 0.3) is 5.91 Å². The Morgan fingerprint density at radius 2 is 2.13 bits per heavy atom. The minimum atomic E-state index is -0.278. The maximum atomic E-state index is 12.4. The third-order valence-electron chi connectivity index (χ3n) is 3.90. The summed E-state index contributed by atoms with van der Waals surface area (Å²) in [7, 11) is 0. The molecule has 0 saturated heterocycles. The number of carbonyl (C=O) groups is 1. The maximum Gasteiger partial charge on any atom is 0.287 e. The maximum absolute atomic E-state index is 12.4. The van der Waals surface area contributed by atoms with Crippen molar-refractivity contribution in [2.24, 2.45) is 0 Å². The van der Waals surface area contributed by atoms with Crippen molar-refractivity contribution in [1.82, 2.24) is 19.9 Å². The van der Waals surface area contributed by atoms with E-state index in [1.54, 1.807) is 0 Å². The van der Waals surface area contributed by atoms with Gasteiger partial charge in [-0.15, -0.1) is 10.2 Å². The predicted molar refractivity (Wildman–Crippen MR) is 86.3 cm³/mol. The lowest BCUT2D eigenvalue weighted by molar-refractivity contribution is 0.0908. The lowest BCUT2D eigenvalue weighted by Gasteiger charge is -2.11. The normalized spacial score (nSPS) is 12.5. The number of nitrogens with one attached hydrogen (secondary N) is 1. The molecule has 0 radical (unpaired) electrons. The van der Waals surface area contributed by atoms with Crippen LogP contribution in [0.1, 0.15) is 54.5 Å². The molecule has 0 unspecified atom stereocenters. The van der Waals surface area contributed by atoms with E-state index in [4.69, 9.17) is 4.42 Å². The van der Waals surface area contributed by atoms with E-state index in [2.05, 4.69) is 22.4 Å². The Hall–Kier alpha value is -2.63. The number of fused-ring (bicyclic) bond motifs is 1. The fourth-order valence-electron chi connectivity index (χ4n) is 2.66. The van der Waals surface area contributed by atoms with E-state index in [1.807, 2.05) is 48.7 Å². The summed E-state index contributed by atoms with van der Waals surface area (Å²) in [6.07, 6.45) is 3.51. The fourth-order valence-corrected chi connectivity index (χ4v) is 2.66. The van der Waals surface area contributed by atoms with Crippen molar-refractivity contribution in [2.45, 2.75) is 39.7 Å². The summed E-state index contributed by atoms with van der Waals surface area (Å²) in [5.41, 5.74) is 1.83. The minimum absolute atomic E-state index is 0.236. The molecule has 1 N–H and O–H groups in total. The van der Waals surface area contributed by atoms with Gasteiger partial charge < -0.3 is 9.73 Å². The molecule has 0 aliphatic heterocycles. The molecule has 1 atom stereocenters. The number of hydrogen-bond acceptors (Lipinski definition) is 4. The van der Waals surface area contributed by atoms with Crippen LogP contribution in [0.2, 0.25) is 0 Å². The molecule has 3 rings (SSSR count). The molecular formula is C17H20N4O2. The number of pyridine rings is 1. The molecule has 0 spiro atoms. The van der Waals surface area contributed by atoms with Gasteiger partial charge in [-0.2, -0.15) is 0 Å². The van der Waals surface area contributed by atoms with Crippen molar-refractivity contribution in [3.05, 3.63) is 53.4 Å². The average Bonchev–Trinajstić information content (AvgIpc) is 3.18. The Kier molecular flexibility index (Phi) is 4.14. The first-order chi connectivity index (χ1) is 11.1. The largest absolute Gasteiger partial charge is 0.456 e. The Morgan fingerprint density at radius 1 is 1.30 bits per heavy atom. The summed E-state index contributed by atoms with van der Waals surface area (Å²) >= 11 is 0. The second kappa shape index (κ2) is 6.24. The number of rotatable bonds is 5. The standard InChI is InChI=1S/C17H20N4O2/c1-4-12-10-14(23-13(12)5-2)17(22)18-11(3)16-20-19-15-8-6-7-9-21(15)16/h6-11H,4-5H2,1-3H3,(H,18,22)/t11-/m0/s1. The zero-order valence-corrected chi connectivity index (χ0v) is 13.5. The van der Waals surface area contributed by atoms with Crippen LogP contribution in [0.25, 0.3) is 5.65 Å². The third kappa shape index (κ3) is 2.84. The zero-order valence-electron chi connectivity index (χ0n) is 13.5. The number of nitrogens with zero attached hydrogens (tertiary/aromatic N) is 3. The molecule has 3 aromatic heterocycles. The smallest absolute Gasteiger partial charge is 0.287 e. The summed E-state index contributed by atoms with van der Waals surface area (Å²) < 4.78 is 7.53. The number of carbonyl (C=O) groups excluding carboxylic acids is 1. The van der Waals surface area contributed by atoms with Crippen molar-refractivity contribution in [1.29, 1.82) is 0 Å². The van der Waals surface area contributed by atoms with Crippen molar-refractivity contribution in [3.8, 4) is 0 Å². The molecule has 3 aromatic rings. The lowest BCUT2D eigenvalue weighted by atomic mass is 10.1. The highest BCUT2D eigenvalue weighted by Crippen LogP contribution is 2.18. The lowest BCUT2D eigenvalue weighted by Crippen LogP contribution is -2.27. The van der Waals surface area contributed by atoms with Crippen LogP contribution in [-0.2, 0) is 12.8 Å². The summed E-state index contributed by atoms with van der Waals surface area (Å²) in [5.74, 6) is 1.67. The summed E-state index contributed by atoms with van der Waals surface area (Å²) in [6, 6.07) is 7.22. The van der Waals surface area contributed by atoms with E-state index in [1.165, 1.54) is 0 Å². The molecule has 0 bridgehead atoms. The molecule has 6 heteroatoms. The Labute approximate surface area is 134 Å². The van der Waals surface area contributed by atoms with Crippen LogP contribution < -0.4 is 5.32 Å². The van der Waals surface area contributed by atoms with E-state index in [9.17, 15) is 4.79 Å². The van der Waals surface area contributed by atoms with Crippen molar-refractivity contribution in [2.75, 3.05) is 0 Å². The van der Waals surface area contributed by atoms with Gasteiger partial charge in [-0.05, 0) is 37.1 Å². The van der Waals surface area contributed by atoms with Gasteiger partial charge in [0.05, 0.1) is 6.04 Å². The molecule has 6 nitrogen and oxygen atoms in total. The highest BCUT2D eigenvalue weighted by molar-refractivity contribution is 5.92. The van der Waals surface area contributed by atoms with E-state index in [0.29, 0.717) is 11.6 Å². The fraction of sp³-hybridized carbons (Fsp3) is 0.353. The molecule has 3 heterocycles. The van der Waals surface area contributed by atoms with E-state index in [0.717, 1.165) is 29.8 Å². The number of amides is 1. The van der Waals surface area contributed by atoms with Gasteiger partial charge in [0, 0.05) is 12.6 Å². The average molecular weight is 312 g/mol. The van der Waals surface area contributed by atoms with Crippen molar-refractivity contribution >= 4 is 11.6 Å². The quantitative estimate of drug-likeness (QED) is 0.786. The predicted octanol–water partition coefficient (Wildman–Crippen LogP) is 2.94. The van der Waals surface area contributed by atoms with E-state index >= 15 is 0 Å². The van der Waals surface area contributed by atoms with Crippen LogP contribution in [0.15, 0.2) is 34.9 Å². The van der Waals surface area contributed by atoms with Crippen LogP contribution in [0.4, 0.5) is 0 Å². The van der Waals surface area contributed by atoms with Crippen LogP contribution in [0, 0.1) is 0 Å². The number of hydrogen-bond donors (Lipinski definition) is 1. The third-order valence-corrected chi connectivity index (χ3v) is 3.90. The van der Waals surface area contributed by atoms with Crippen LogP contribution in [-0.4, -0.2) is 20.5 Å². The first kappa shape index (κ1) is 15.3. The SMILES string of the molecule is CCc1cc(C(=O)N[C@@H](C)c2nnc3ccccn23)oc1CC. The summed E-state index contributed by atoms with van der Waals surface area (Å²) in [4.78, 5) is 12.4. The van der Waals surface area contributed by atoms with Crippen molar-refractivity contribution < 1.29 is 9.21 Å². The first-order valence-electron chi connectivity index (χ1n) is 7.86. The van der Waals surface area contributed by atoms with E-state index in [-0.39, 0.29) is 11.9 Å². The van der Waals surface area contributed by atoms with Gasteiger partial charge in [0.15, 0.2) is 17.2 Å². The van der Waals surface area contributed by atoms with Crippen LogP contribution in [0.5, 0.6) is 0 Å². The van der Waals surface area contributed by atoms with Gasteiger partial charge in [0.2, 0.25) is 0 Å². The molecular weight excluding hydrogens is 292 g/mol. The van der Waals surface area contributed by atoms with Crippen LogP contribution >= 0.6 is 0 Å². The molecule has 1 amide bonds. The highest BCUT2D eigenvalue weighted by Gasteiger charge is 2.20. The van der Waals surface area contributed by atoms with E-state index < -0.39 is 0 Å². The minimum Gasteiger partial charge on any atom is -0.456 e. The first-order valence-corrected chi connectivity index (χ1v) is 7.86. The number of aromatic nitrogens is 3. The molecule has 0 aliphatic carbocycles. The van der Waals surface area contributed by atoms with Crippen LogP contribution in [0.3, 0.4) is 0 Å². The molecule has 0 aromatic carbocycles. The highest BCUT2D eigenvalue weighted by atomic mass is 16.4. The second-order valence-corrected chi connectivity index (χ2v) is 5.45. The molecule has 120 valence electrons. The number of aryl methyl sites for hydroxylation is 2. The second-order valence-electron chi connectivity index (χ2n) is 5.45. The van der Waals surface area contributed by atoms with Crippen molar-refractivity contribution in [3.63, 3.8) is 0 Å². The Balaban J connectivity index is 1.81. The monoisotopic (exact) mass is 312 g/mol. The molecule has 0 saturated carbocycles. The zero-order chi connectivity index (χ0) is 16.4. The Bertz CT molecular complexity index is 813. The number of furan rings is 1. The summed E-state index contributed by atoms with van der Waals surface area (Å²) in [6.45, 7) is 5.95. The summed E-state index contributed by atoms with van der Waals surface area (Å²) in [5, 5.41) is 11.2. The molecule has 0 fully saturated rings. The molecule has 0 aliphatic rings. The van der Waals surface area contributed by atoms with Gasteiger partial charge in [-0.25, -0.2) is 0 Å². The van der Waals surface area contributed by atoms with Gasteiger partial charge >= 0.3 is 0 Å². The van der Waals surface area contributed by atoms with Gasteiger partial charge in [0.1, 0.15) is 5.76 Å². The topological polar surface area (TPSA) is 72.4 Å². The van der Waals surface area contributed by atoms with Gasteiger partial charge in [-0.3, -0.25) is 9.20 Å². The van der Waals surface area contributed by atoms with Gasteiger partial charge in [-0.1, -0.05) is 19.9 Å². The Morgan fingerprint density at radius 3 is 2.83 bits per heavy atom.